The molecular weight excluding hydrogens is 436 g/mol. The van der Waals surface area contributed by atoms with Crippen molar-refractivity contribution in [1.29, 1.82) is 5.26 Å². The van der Waals surface area contributed by atoms with Crippen LogP contribution in [-0.4, -0.2) is 60.6 Å². The third kappa shape index (κ3) is 5.01. The van der Waals surface area contributed by atoms with Crippen LogP contribution >= 0.6 is 0 Å². The molecular formula is C29H38N4O2. The van der Waals surface area contributed by atoms with Gasteiger partial charge >= 0.3 is 6.03 Å². The highest BCUT2D eigenvalue weighted by Crippen LogP contribution is 2.49. The lowest BCUT2D eigenvalue weighted by atomic mass is 9.68. The molecule has 0 unspecified atom stereocenters. The van der Waals surface area contributed by atoms with Gasteiger partial charge in [-0.05, 0) is 75.9 Å². The summed E-state index contributed by atoms with van der Waals surface area (Å²) in [6.07, 6.45) is 6.23. The van der Waals surface area contributed by atoms with Gasteiger partial charge in [0.15, 0.2) is 0 Å². The molecule has 186 valence electrons. The van der Waals surface area contributed by atoms with E-state index in [1.165, 1.54) is 5.56 Å². The van der Waals surface area contributed by atoms with Gasteiger partial charge < -0.3 is 14.5 Å². The van der Waals surface area contributed by atoms with E-state index in [2.05, 4.69) is 60.3 Å². The number of benzene rings is 2. The molecule has 0 atom stereocenters. The summed E-state index contributed by atoms with van der Waals surface area (Å²) < 4.78 is 5.29. The number of unbranched alkanes of at least 4 members (excludes halogenated alkanes) is 2. The van der Waals surface area contributed by atoms with Crippen molar-refractivity contribution >= 4 is 6.03 Å². The maximum absolute atomic E-state index is 13.7. The fourth-order valence-electron chi connectivity index (χ4n) is 6.06. The van der Waals surface area contributed by atoms with Crippen LogP contribution in [0.4, 0.5) is 4.79 Å². The summed E-state index contributed by atoms with van der Waals surface area (Å²) in [6, 6.07) is 21.2. The number of nitrogens with zero attached hydrogens (tertiary/aromatic N) is 4. The quantitative estimate of drug-likeness (QED) is 0.457. The molecule has 0 N–H and O–H groups in total. The van der Waals surface area contributed by atoms with Gasteiger partial charge in [-0.25, -0.2) is 4.79 Å². The summed E-state index contributed by atoms with van der Waals surface area (Å²) in [4.78, 5) is 20.2. The van der Waals surface area contributed by atoms with E-state index in [1.54, 1.807) is 7.11 Å². The van der Waals surface area contributed by atoms with E-state index in [0.29, 0.717) is 13.0 Å². The third-order valence-electron chi connectivity index (χ3n) is 8.19. The SMILES string of the molecule is COc1ccc(CN2C[C@]3(CC[C@@](c4ccccc4)(N(C)C)CC3)N(CCCCC#N)C2=O)cc1. The number of hydrogen-bond acceptors (Lipinski definition) is 4. The van der Waals surface area contributed by atoms with Crippen LogP contribution in [0.2, 0.25) is 0 Å². The molecule has 1 aliphatic heterocycles. The van der Waals surface area contributed by atoms with E-state index in [0.717, 1.165) is 62.9 Å². The minimum atomic E-state index is -0.148. The minimum Gasteiger partial charge on any atom is -0.497 e. The number of carbonyl (C=O) groups is 1. The van der Waals surface area contributed by atoms with E-state index >= 15 is 0 Å². The van der Waals surface area contributed by atoms with E-state index < -0.39 is 0 Å². The van der Waals surface area contributed by atoms with Crippen molar-refractivity contribution in [3.05, 3.63) is 65.7 Å². The number of rotatable bonds is 9. The molecule has 1 saturated carbocycles. The smallest absolute Gasteiger partial charge is 0.320 e. The Kier molecular flexibility index (Phi) is 7.66. The number of carbonyl (C=O) groups excluding carboxylic acids is 1. The van der Waals surface area contributed by atoms with Gasteiger partial charge in [-0.3, -0.25) is 4.90 Å². The first-order valence-corrected chi connectivity index (χ1v) is 12.7. The molecule has 0 aromatic heterocycles. The van der Waals surface area contributed by atoms with E-state index in [9.17, 15) is 4.79 Å². The van der Waals surface area contributed by atoms with E-state index in [1.807, 2.05) is 29.2 Å². The molecule has 1 saturated heterocycles. The van der Waals surface area contributed by atoms with Crippen molar-refractivity contribution in [3.63, 3.8) is 0 Å². The van der Waals surface area contributed by atoms with Gasteiger partial charge in [-0.1, -0.05) is 42.5 Å². The van der Waals surface area contributed by atoms with Gasteiger partial charge in [0.05, 0.1) is 18.7 Å². The van der Waals surface area contributed by atoms with Gasteiger partial charge in [0, 0.05) is 31.6 Å². The van der Waals surface area contributed by atoms with Crippen LogP contribution in [0.15, 0.2) is 54.6 Å². The molecule has 0 bridgehead atoms. The standard InChI is InChI=1S/C29H38N4O2/c1-31(2)29(25-10-6-4-7-11-25)18-16-28(17-19-29)23-32(22-24-12-14-26(35-3)15-13-24)27(34)33(28)21-9-5-8-20-30/h4,6-7,10-15H,5,8-9,16-19,21-23H2,1-3H3/t28-,29-. The maximum Gasteiger partial charge on any atom is 0.320 e. The second-order valence-electron chi connectivity index (χ2n) is 10.3. The molecule has 2 fully saturated rings. The van der Waals surface area contributed by atoms with Gasteiger partial charge in [-0.2, -0.15) is 5.26 Å². The normalized spacial score (nSPS) is 24.3. The molecule has 0 radical (unpaired) electrons. The third-order valence-corrected chi connectivity index (χ3v) is 8.19. The molecule has 1 heterocycles. The lowest BCUT2D eigenvalue weighted by molar-refractivity contribution is 0.0241. The molecule has 35 heavy (non-hydrogen) atoms. The summed E-state index contributed by atoms with van der Waals surface area (Å²) in [5.74, 6) is 0.824. The highest BCUT2D eigenvalue weighted by Gasteiger charge is 2.54. The Morgan fingerprint density at radius 2 is 1.69 bits per heavy atom. The highest BCUT2D eigenvalue weighted by molar-refractivity contribution is 5.78. The first-order chi connectivity index (χ1) is 16.9. The summed E-state index contributed by atoms with van der Waals surface area (Å²) in [7, 11) is 6.03. The summed E-state index contributed by atoms with van der Waals surface area (Å²) in [5.41, 5.74) is 2.32. The van der Waals surface area contributed by atoms with Crippen LogP contribution in [0, 0.1) is 11.3 Å². The first kappa shape index (κ1) is 25.1. The number of methoxy groups -OCH3 is 1. The van der Waals surface area contributed by atoms with Crippen molar-refractivity contribution in [2.24, 2.45) is 0 Å². The second kappa shape index (κ2) is 10.7. The topological polar surface area (TPSA) is 59.8 Å². The van der Waals surface area contributed by atoms with Crippen LogP contribution < -0.4 is 4.74 Å². The molecule has 1 spiro atoms. The molecule has 2 aromatic carbocycles. The molecule has 4 rings (SSSR count). The van der Waals surface area contributed by atoms with Crippen LogP contribution in [0.5, 0.6) is 5.75 Å². The molecule has 6 nitrogen and oxygen atoms in total. The van der Waals surface area contributed by atoms with Gasteiger partial charge in [-0.15, -0.1) is 0 Å². The predicted molar refractivity (Wildman–Crippen MR) is 138 cm³/mol. The Hall–Kier alpha value is -3.04. The first-order valence-electron chi connectivity index (χ1n) is 12.7. The van der Waals surface area contributed by atoms with Crippen LogP contribution in [0.1, 0.15) is 56.1 Å². The lowest BCUT2D eigenvalue weighted by Crippen LogP contribution is -2.55. The average Bonchev–Trinajstić information content (AvgIpc) is 3.13. The zero-order valence-corrected chi connectivity index (χ0v) is 21.4. The second-order valence-corrected chi connectivity index (χ2v) is 10.3. The Morgan fingerprint density at radius 1 is 1.00 bits per heavy atom. The molecule has 2 amide bonds. The summed E-state index contributed by atoms with van der Waals surface area (Å²) in [5, 5.41) is 8.96. The van der Waals surface area contributed by atoms with Gasteiger partial charge in [0.2, 0.25) is 0 Å². The van der Waals surface area contributed by atoms with Crippen LogP contribution in [-0.2, 0) is 12.1 Å². The van der Waals surface area contributed by atoms with E-state index in [4.69, 9.17) is 10.00 Å². The molecule has 6 heteroatoms. The summed E-state index contributed by atoms with van der Waals surface area (Å²) >= 11 is 0. The predicted octanol–water partition coefficient (Wildman–Crippen LogP) is 5.40. The number of amides is 2. The zero-order valence-electron chi connectivity index (χ0n) is 21.4. The fraction of sp³-hybridized carbons (Fsp3) is 0.517. The Bertz CT molecular complexity index is 1020. The van der Waals surface area contributed by atoms with Gasteiger partial charge in [0.25, 0.3) is 0 Å². The molecule has 2 aromatic rings. The Labute approximate surface area is 210 Å². The number of ether oxygens (including phenoxy) is 1. The monoisotopic (exact) mass is 474 g/mol. The zero-order chi connectivity index (χ0) is 24.9. The van der Waals surface area contributed by atoms with Crippen molar-refractivity contribution < 1.29 is 9.53 Å². The fourth-order valence-corrected chi connectivity index (χ4v) is 6.06. The van der Waals surface area contributed by atoms with Crippen molar-refractivity contribution in [2.75, 3.05) is 34.3 Å². The molecule has 2 aliphatic rings. The molecule has 1 aliphatic carbocycles. The largest absolute Gasteiger partial charge is 0.497 e. The Balaban J connectivity index is 1.55. The summed E-state index contributed by atoms with van der Waals surface area (Å²) in [6.45, 7) is 2.09. The van der Waals surface area contributed by atoms with Crippen molar-refractivity contribution in [3.8, 4) is 11.8 Å². The Morgan fingerprint density at radius 3 is 2.29 bits per heavy atom. The minimum absolute atomic E-state index is 0.00849. The van der Waals surface area contributed by atoms with Gasteiger partial charge in [0.1, 0.15) is 5.75 Å². The van der Waals surface area contributed by atoms with Crippen molar-refractivity contribution in [1.82, 2.24) is 14.7 Å². The maximum atomic E-state index is 13.7. The number of urea groups is 1. The lowest BCUT2D eigenvalue weighted by Gasteiger charge is -2.51. The average molecular weight is 475 g/mol. The number of nitriles is 1. The van der Waals surface area contributed by atoms with Crippen molar-refractivity contribution in [2.45, 2.75) is 62.6 Å². The highest BCUT2D eigenvalue weighted by atomic mass is 16.5. The van der Waals surface area contributed by atoms with E-state index in [-0.39, 0.29) is 17.1 Å². The van der Waals surface area contributed by atoms with Crippen LogP contribution in [0.25, 0.3) is 0 Å². The van der Waals surface area contributed by atoms with Crippen LogP contribution in [0.3, 0.4) is 0 Å². The number of hydrogen-bond donors (Lipinski definition) is 0.